The van der Waals surface area contributed by atoms with Crippen molar-refractivity contribution in [3.8, 4) is 0 Å². The molecule has 0 bridgehead atoms. The summed E-state index contributed by atoms with van der Waals surface area (Å²) in [4.78, 5) is 24.2. The van der Waals surface area contributed by atoms with Crippen molar-refractivity contribution in [1.29, 1.82) is 0 Å². The normalized spacial score (nSPS) is 11.8. The molecule has 0 amide bonds. The summed E-state index contributed by atoms with van der Waals surface area (Å²) in [6.07, 6.45) is 0.913. The molecule has 0 saturated carbocycles. The lowest BCUT2D eigenvalue weighted by Gasteiger charge is -2.22. The monoisotopic (exact) mass is 340 g/mol. The summed E-state index contributed by atoms with van der Waals surface area (Å²) in [5.41, 5.74) is 1.04. The average Bonchev–Trinajstić information content (AvgIpc) is 2.68. The van der Waals surface area contributed by atoms with E-state index in [9.17, 15) is 9.59 Å². The lowest BCUT2D eigenvalue weighted by molar-refractivity contribution is 0.0171. The van der Waals surface area contributed by atoms with Gasteiger partial charge in [-0.1, -0.05) is 56.7 Å². The van der Waals surface area contributed by atoms with Crippen LogP contribution in [-0.2, 0) is 9.47 Å². The van der Waals surface area contributed by atoms with E-state index in [-0.39, 0.29) is 37.0 Å². The maximum Gasteiger partial charge on any atom is 0.338 e. The number of hydrogen-bond donors (Lipinski definition) is 0. The number of benzene rings is 2. The molecule has 0 aliphatic heterocycles. The fourth-order valence-corrected chi connectivity index (χ4v) is 2.39. The van der Waals surface area contributed by atoms with Crippen LogP contribution in [0.25, 0.3) is 0 Å². The third-order valence-electron chi connectivity index (χ3n) is 4.32. The molecule has 0 spiro atoms. The zero-order chi connectivity index (χ0) is 18.1. The van der Waals surface area contributed by atoms with E-state index in [0.29, 0.717) is 11.1 Å². The van der Waals surface area contributed by atoms with E-state index in [2.05, 4.69) is 13.8 Å². The molecule has 0 aromatic heterocycles. The molecule has 0 aliphatic carbocycles. The SMILES string of the molecule is CCC(C)C(COC(=O)c1ccccc1)COC(=O)c1ccccc1. The van der Waals surface area contributed by atoms with E-state index >= 15 is 0 Å². The van der Waals surface area contributed by atoms with Crippen LogP contribution in [0.4, 0.5) is 0 Å². The number of rotatable bonds is 8. The summed E-state index contributed by atoms with van der Waals surface area (Å²) in [7, 11) is 0. The minimum atomic E-state index is -0.358. The van der Waals surface area contributed by atoms with Crippen LogP contribution in [0.2, 0.25) is 0 Å². The molecule has 2 aromatic carbocycles. The molecule has 0 N–H and O–H groups in total. The van der Waals surface area contributed by atoms with Crippen molar-refractivity contribution in [3.63, 3.8) is 0 Å². The van der Waals surface area contributed by atoms with E-state index in [1.54, 1.807) is 48.5 Å². The van der Waals surface area contributed by atoms with Gasteiger partial charge < -0.3 is 9.47 Å². The Morgan fingerprint density at radius 3 is 1.56 bits per heavy atom. The highest BCUT2D eigenvalue weighted by molar-refractivity contribution is 5.89. The molecule has 0 aliphatic rings. The first-order valence-electron chi connectivity index (χ1n) is 8.56. The van der Waals surface area contributed by atoms with Crippen LogP contribution in [-0.4, -0.2) is 25.2 Å². The van der Waals surface area contributed by atoms with Crippen molar-refractivity contribution in [2.75, 3.05) is 13.2 Å². The van der Waals surface area contributed by atoms with Crippen LogP contribution in [0.1, 0.15) is 41.0 Å². The maximum absolute atomic E-state index is 12.1. The number of esters is 2. The fourth-order valence-electron chi connectivity index (χ4n) is 2.39. The predicted molar refractivity (Wildman–Crippen MR) is 96.4 cm³/mol. The van der Waals surface area contributed by atoms with Crippen molar-refractivity contribution >= 4 is 11.9 Å². The topological polar surface area (TPSA) is 52.6 Å². The smallest absolute Gasteiger partial charge is 0.338 e. The predicted octanol–water partition coefficient (Wildman–Crippen LogP) is 4.36. The summed E-state index contributed by atoms with van der Waals surface area (Å²) in [5.74, 6) is -0.482. The maximum atomic E-state index is 12.1. The second-order valence-electron chi connectivity index (χ2n) is 6.07. The van der Waals surface area contributed by atoms with Crippen LogP contribution in [0.5, 0.6) is 0 Å². The zero-order valence-corrected chi connectivity index (χ0v) is 14.7. The van der Waals surface area contributed by atoms with Crippen LogP contribution >= 0.6 is 0 Å². The Morgan fingerprint density at radius 1 is 0.800 bits per heavy atom. The molecule has 25 heavy (non-hydrogen) atoms. The zero-order valence-electron chi connectivity index (χ0n) is 14.7. The van der Waals surface area contributed by atoms with Crippen LogP contribution in [0.15, 0.2) is 60.7 Å². The largest absolute Gasteiger partial charge is 0.462 e. The third-order valence-corrected chi connectivity index (χ3v) is 4.32. The van der Waals surface area contributed by atoms with Gasteiger partial charge in [-0.3, -0.25) is 0 Å². The summed E-state index contributed by atoms with van der Waals surface area (Å²) in [6, 6.07) is 17.8. The summed E-state index contributed by atoms with van der Waals surface area (Å²) in [6.45, 7) is 4.59. The van der Waals surface area contributed by atoms with Gasteiger partial charge in [0.25, 0.3) is 0 Å². The average molecular weight is 340 g/mol. The molecule has 2 aromatic rings. The van der Waals surface area contributed by atoms with Gasteiger partial charge in [0.2, 0.25) is 0 Å². The molecule has 0 fully saturated rings. The Balaban J connectivity index is 1.90. The van der Waals surface area contributed by atoms with Crippen LogP contribution in [0.3, 0.4) is 0 Å². The van der Waals surface area contributed by atoms with E-state index in [1.807, 2.05) is 12.1 Å². The number of carbonyl (C=O) groups is 2. The van der Waals surface area contributed by atoms with Gasteiger partial charge in [-0.2, -0.15) is 0 Å². The summed E-state index contributed by atoms with van der Waals surface area (Å²) in [5, 5.41) is 0. The van der Waals surface area contributed by atoms with Gasteiger partial charge in [-0.15, -0.1) is 0 Å². The minimum Gasteiger partial charge on any atom is -0.462 e. The third kappa shape index (κ3) is 5.75. The Morgan fingerprint density at radius 2 is 1.20 bits per heavy atom. The number of ether oxygens (including phenoxy) is 2. The van der Waals surface area contributed by atoms with E-state index in [0.717, 1.165) is 6.42 Å². The Hall–Kier alpha value is -2.62. The van der Waals surface area contributed by atoms with Crippen LogP contribution < -0.4 is 0 Å². The lowest BCUT2D eigenvalue weighted by atomic mass is 9.93. The molecule has 4 heteroatoms. The Bertz CT molecular complexity index is 611. The Kier molecular flexibility index (Phi) is 7.20. The van der Waals surface area contributed by atoms with Gasteiger partial charge in [0.15, 0.2) is 0 Å². The first-order chi connectivity index (χ1) is 12.1. The van der Waals surface area contributed by atoms with Gasteiger partial charge in [0.05, 0.1) is 24.3 Å². The Labute approximate surface area is 148 Å². The second kappa shape index (κ2) is 9.62. The lowest BCUT2D eigenvalue weighted by Crippen LogP contribution is -2.26. The molecule has 0 heterocycles. The van der Waals surface area contributed by atoms with Crippen molar-refractivity contribution in [1.82, 2.24) is 0 Å². The highest BCUT2D eigenvalue weighted by Gasteiger charge is 2.21. The minimum absolute atomic E-state index is 0.0367. The van der Waals surface area contributed by atoms with Gasteiger partial charge >= 0.3 is 11.9 Å². The molecular weight excluding hydrogens is 316 g/mol. The van der Waals surface area contributed by atoms with Gasteiger partial charge in [0.1, 0.15) is 0 Å². The molecule has 1 atom stereocenters. The van der Waals surface area contributed by atoms with Gasteiger partial charge in [-0.25, -0.2) is 9.59 Å². The molecule has 0 saturated heterocycles. The first kappa shape index (κ1) is 18.7. The quantitative estimate of drug-likeness (QED) is 0.670. The van der Waals surface area contributed by atoms with E-state index < -0.39 is 0 Å². The molecule has 0 radical (unpaired) electrons. The summed E-state index contributed by atoms with van der Waals surface area (Å²) >= 11 is 0. The highest BCUT2D eigenvalue weighted by Crippen LogP contribution is 2.18. The molecule has 4 nitrogen and oxygen atoms in total. The standard InChI is InChI=1S/C21H24O4/c1-3-16(2)19(14-24-20(22)17-10-6-4-7-11-17)15-25-21(23)18-12-8-5-9-13-18/h4-13,16,19H,3,14-15H2,1-2H3. The van der Waals surface area contributed by atoms with Crippen molar-refractivity contribution in [2.24, 2.45) is 11.8 Å². The molecule has 132 valence electrons. The van der Waals surface area contributed by atoms with Gasteiger partial charge in [-0.05, 0) is 30.2 Å². The van der Waals surface area contributed by atoms with Gasteiger partial charge in [0, 0.05) is 5.92 Å². The van der Waals surface area contributed by atoms with Crippen LogP contribution in [0, 0.1) is 11.8 Å². The first-order valence-corrected chi connectivity index (χ1v) is 8.56. The summed E-state index contributed by atoms with van der Waals surface area (Å²) < 4.78 is 10.8. The molecular formula is C21H24O4. The molecule has 1 unspecified atom stereocenters. The van der Waals surface area contributed by atoms with Crippen molar-refractivity contribution in [3.05, 3.63) is 71.8 Å². The number of carbonyl (C=O) groups excluding carboxylic acids is 2. The molecule has 2 rings (SSSR count). The van der Waals surface area contributed by atoms with E-state index in [4.69, 9.17) is 9.47 Å². The van der Waals surface area contributed by atoms with E-state index in [1.165, 1.54) is 0 Å². The highest BCUT2D eigenvalue weighted by atomic mass is 16.5. The van der Waals surface area contributed by atoms with Crippen molar-refractivity contribution < 1.29 is 19.1 Å². The second-order valence-corrected chi connectivity index (χ2v) is 6.07. The van der Waals surface area contributed by atoms with Crippen molar-refractivity contribution in [2.45, 2.75) is 20.3 Å². The fraction of sp³-hybridized carbons (Fsp3) is 0.333. The number of hydrogen-bond acceptors (Lipinski definition) is 4.